The maximum atomic E-state index is 5.91. The van der Waals surface area contributed by atoms with Crippen LogP contribution in [0.3, 0.4) is 0 Å². The largest absolute Gasteiger partial charge is 0.0890 e. The lowest BCUT2D eigenvalue weighted by Gasteiger charge is -2.04. The van der Waals surface area contributed by atoms with E-state index in [0.29, 0.717) is 0 Å². The number of halogens is 2. The minimum absolute atomic E-state index is 0.789. The normalized spacial score (nSPS) is 10.3. The molecule has 0 amide bonds. The van der Waals surface area contributed by atoms with E-state index in [1.165, 1.54) is 13.4 Å². The molecule has 2 rings (SSSR count). The molecule has 2 aromatic carbocycles. The van der Waals surface area contributed by atoms with E-state index in [4.69, 9.17) is 11.6 Å². The fraction of sp³-hybridized carbons (Fsp3) is 0. The quantitative estimate of drug-likeness (QED) is 0.682. The Morgan fingerprint density at radius 1 is 1.00 bits per heavy atom. The van der Waals surface area contributed by atoms with Crippen molar-refractivity contribution in [3.8, 4) is 0 Å². The molecule has 0 saturated heterocycles. The molecule has 0 unspecified atom stereocenters. The van der Waals surface area contributed by atoms with Crippen molar-refractivity contribution in [2.45, 2.75) is 9.79 Å². The highest BCUT2D eigenvalue weighted by atomic mass is 127. The molecule has 0 atom stereocenters. The zero-order valence-electron chi connectivity index (χ0n) is 7.78. The lowest BCUT2D eigenvalue weighted by atomic mass is 10.4. The molecule has 76 valence electrons. The van der Waals surface area contributed by atoms with Gasteiger partial charge in [-0.15, -0.1) is 0 Å². The van der Waals surface area contributed by atoms with Crippen LogP contribution >= 0.6 is 46.0 Å². The summed E-state index contributed by atoms with van der Waals surface area (Å²) in [5, 5.41) is 0.789. The van der Waals surface area contributed by atoms with Gasteiger partial charge in [-0.2, -0.15) is 0 Å². The SMILES string of the molecule is Clc1ccc(Sc2ccccc2)c(I)c1. The van der Waals surface area contributed by atoms with Gasteiger partial charge in [0.05, 0.1) is 0 Å². The number of hydrogen-bond donors (Lipinski definition) is 0. The Morgan fingerprint density at radius 3 is 2.40 bits per heavy atom. The Hall–Kier alpha value is -0.190. The first-order chi connectivity index (χ1) is 7.25. The Bertz CT molecular complexity index is 456. The summed E-state index contributed by atoms with van der Waals surface area (Å²) in [5.41, 5.74) is 0. The highest BCUT2D eigenvalue weighted by Gasteiger charge is 2.02. The molecule has 0 aliphatic rings. The van der Waals surface area contributed by atoms with Crippen molar-refractivity contribution >= 4 is 46.0 Å². The minimum atomic E-state index is 0.789. The first kappa shape index (κ1) is 11.3. The van der Waals surface area contributed by atoms with Crippen LogP contribution in [-0.2, 0) is 0 Å². The molecule has 0 nitrogen and oxygen atoms in total. The van der Waals surface area contributed by atoms with Gasteiger partial charge >= 0.3 is 0 Å². The van der Waals surface area contributed by atoms with Gasteiger partial charge in [-0.1, -0.05) is 41.6 Å². The Kier molecular flexibility index (Phi) is 3.94. The first-order valence-electron chi connectivity index (χ1n) is 4.43. The molecule has 3 heteroatoms. The Balaban J connectivity index is 2.25. The summed E-state index contributed by atoms with van der Waals surface area (Å²) in [6, 6.07) is 16.3. The van der Waals surface area contributed by atoms with Crippen LogP contribution in [0.4, 0.5) is 0 Å². The number of benzene rings is 2. The van der Waals surface area contributed by atoms with Crippen LogP contribution in [0.25, 0.3) is 0 Å². The van der Waals surface area contributed by atoms with Gasteiger partial charge in [-0.05, 0) is 52.9 Å². The molecule has 0 bridgehead atoms. The van der Waals surface area contributed by atoms with Crippen LogP contribution < -0.4 is 0 Å². The molecule has 15 heavy (non-hydrogen) atoms. The second-order valence-corrected chi connectivity index (χ2v) is 5.70. The molecule has 0 fully saturated rings. The average Bonchev–Trinajstić information content (AvgIpc) is 2.24. The van der Waals surface area contributed by atoms with Gasteiger partial charge in [0, 0.05) is 18.4 Å². The molecule has 0 aliphatic heterocycles. The predicted molar refractivity (Wildman–Crippen MR) is 74.7 cm³/mol. The molecule has 0 aromatic heterocycles. The number of rotatable bonds is 2. The molecule has 0 aliphatic carbocycles. The molecule has 0 N–H and O–H groups in total. The minimum Gasteiger partial charge on any atom is -0.0890 e. The smallest absolute Gasteiger partial charge is 0.0417 e. The summed E-state index contributed by atoms with van der Waals surface area (Å²) in [6.07, 6.45) is 0. The van der Waals surface area contributed by atoms with Crippen molar-refractivity contribution in [3.63, 3.8) is 0 Å². The standard InChI is InChI=1S/C12H8ClIS/c13-9-6-7-12(11(14)8-9)15-10-4-2-1-3-5-10/h1-8H. The van der Waals surface area contributed by atoms with Crippen LogP contribution in [0.15, 0.2) is 58.3 Å². The predicted octanol–water partition coefficient (Wildman–Crippen LogP) is 5.10. The van der Waals surface area contributed by atoms with E-state index in [0.717, 1.165) is 5.02 Å². The van der Waals surface area contributed by atoms with Gasteiger partial charge in [0.25, 0.3) is 0 Å². The molecule has 0 spiro atoms. The van der Waals surface area contributed by atoms with E-state index in [9.17, 15) is 0 Å². The van der Waals surface area contributed by atoms with Crippen LogP contribution in [0.1, 0.15) is 0 Å². The van der Waals surface area contributed by atoms with E-state index < -0.39 is 0 Å². The maximum absolute atomic E-state index is 5.91. The van der Waals surface area contributed by atoms with Crippen molar-refractivity contribution in [3.05, 3.63) is 57.1 Å². The van der Waals surface area contributed by atoms with Gasteiger partial charge in [0.15, 0.2) is 0 Å². The fourth-order valence-corrected chi connectivity index (χ4v) is 3.21. The highest BCUT2D eigenvalue weighted by molar-refractivity contribution is 14.1. The fourth-order valence-electron chi connectivity index (χ4n) is 1.17. The summed E-state index contributed by atoms with van der Waals surface area (Å²) in [6.45, 7) is 0. The van der Waals surface area contributed by atoms with Crippen molar-refractivity contribution in [1.29, 1.82) is 0 Å². The van der Waals surface area contributed by atoms with Gasteiger partial charge in [-0.25, -0.2) is 0 Å². The Labute approximate surface area is 112 Å². The zero-order chi connectivity index (χ0) is 10.7. The third kappa shape index (κ3) is 3.13. The van der Waals surface area contributed by atoms with Gasteiger partial charge < -0.3 is 0 Å². The van der Waals surface area contributed by atoms with Crippen molar-refractivity contribution < 1.29 is 0 Å². The summed E-state index contributed by atoms with van der Waals surface area (Å²) in [5.74, 6) is 0. The van der Waals surface area contributed by atoms with Crippen molar-refractivity contribution in [1.82, 2.24) is 0 Å². The van der Waals surface area contributed by atoms with Crippen LogP contribution in [-0.4, -0.2) is 0 Å². The second-order valence-electron chi connectivity index (χ2n) is 2.99. The Morgan fingerprint density at radius 2 is 1.73 bits per heavy atom. The second kappa shape index (κ2) is 5.23. The van der Waals surface area contributed by atoms with E-state index >= 15 is 0 Å². The topological polar surface area (TPSA) is 0 Å². The van der Waals surface area contributed by atoms with Crippen LogP contribution in [0.5, 0.6) is 0 Å². The van der Waals surface area contributed by atoms with Crippen molar-refractivity contribution in [2.24, 2.45) is 0 Å². The van der Waals surface area contributed by atoms with Gasteiger partial charge in [0.1, 0.15) is 0 Å². The maximum Gasteiger partial charge on any atom is 0.0417 e. The lowest BCUT2D eigenvalue weighted by molar-refractivity contribution is 1.37. The van der Waals surface area contributed by atoms with E-state index in [2.05, 4.69) is 40.8 Å². The van der Waals surface area contributed by atoms with E-state index in [-0.39, 0.29) is 0 Å². The van der Waals surface area contributed by atoms with Crippen LogP contribution in [0.2, 0.25) is 5.02 Å². The third-order valence-electron chi connectivity index (χ3n) is 1.86. The summed E-state index contributed by atoms with van der Waals surface area (Å²) in [7, 11) is 0. The highest BCUT2D eigenvalue weighted by Crippen LogP contribution is 2.32. The summed E-state index contributed by atoms with van der Waals surface area (Å²) < 4.78 is 1.19. The molecule has 0 radical (unpaired) electrons. The van der Waals surface area contributed by atoms with Gasteiger partial charge in [0.2, 0.25) is 0 Å². The summed E-state index contributed by atoms with van der Waals surface area (Å²) in [4.78, 5) is 2.49. The lowest BCUT2D eigenvalue weighted by Crippen LogP contribution is -1.78. The van der Waals surface area contributed by atoms with E-state index in [1.54, 1.807) is 11.8 Å². The van der Waals surface area contributed by atoms with Crippen LogP contribution in [0, 0.1) is 3.57 Å². The summed E-state index contributed by atoms with van der Waals surface area (Å²) >= 11 is 9.97. The first-order valence-corrected chi connectivity index (χ1v) is 6.71. The van der Waals surface area contributed by atoms with E-state index in [1.807, 2.05) is 30.3 Å². The monoisotopic (exact) mass is 346 g/mol. The molecule has 2 aromatic rings. The molecule has 0 saturated carbocycles. The third-order valence-corrected chi connectivity index (χ3v) is 4.44. The zero-order valence-corrected chi connectivity index (χ0v) is 11.5. The molecule has 0 heterocycles. The molecular formula is C12H8ClIS. The number of hydrogen-bond acceptors (Lipinski definition) is 1. The van der Waals surface area contributed by atoms with Crippen molar-refractivity contribution in [2.75, 3.05) is 0 Å². The average molecular weight is 347 g/mol. The van der Waals surface area contributed by atoms with Gasteiger partial charge in [-0.3, -0.25) is 0 Å². The molecular weight excluding hydrogens is 339 g/mol.